The summed E-state index contributed by atoms with van der Waals surface area (Å²) in [4.78, 5) is 16.0. The molecule has 1 atom stereocenters. The van der Waals surface area contributed by atoms with Gasteiger partial charge in [0.15, 0.2) is 11.5 Å². The lowest BCUT2D eigenvalue weighted by molar-refractivity contribution is 0.0654. The van der Waals surface area contributed by atoms with Gasteiger partial charge >= 0.3 is 6.03 Å². The minimum Gasteiger partial charge on any atom is -0.441 e. The molecule has 3 N–H and O–H groups in total. The van der Waals surface area contributed by atoms with Crippen LogP contribution in [-0.4, -0.2) is 28.8 Å². The molecule has 1 unspecified atom stereocenters. The number of carbonyl (C=O) groups excluding carboxylic acids is 1. The standard InChI is InChI=1S/C15H21N3O3/c1-9-17-11-7-10(5-6-12(11)21-9)18-14(20)16-8-13(19)15(2,3)4/h5-7,13,19H,8H2,1-4H3,(H2,16,18,20). The molecule has 1 aromatic carbocycles. The number of benzene rings is 1. The number of rotatable bonds is 3. The SMILES string of the molecule is Cc1nc2cc(NC(=O)NCC(O)C(C)(C)C)ccc2o1. The third-order valence-corrected chi connectivity index (χ3v) is 3.21. The van der Waals surface area contributed by atoms with Crippen molar-refractivity contribution in [1.82, 2.24) is 10.3 Å². The molecule has 6 nitrogen and oxygen atoms in total. The van der Waals surface area contributed by atoms with Crippen LogP contribution in [0.3, 0.4) is 0 Å². The molecule has 0 spiro atoms. The number of aryl methyl sites for hydroxylation is 1. The zero-order valence-corrected chi connectivity index (χ0v) is 12.7. The highest BCUT2D eigenvalue weighted by Crippen LogP contribution is 2.20. The summed E-state index contributed by atoms with van der Waals surface area (Å²) in [6, 6.07) is 4.88. The van der Waals surface area contributed by atoms with Crippen molar-refractivity contribution >= 4 is 22.8 Å². The van der Waals surface area contributed by atoms with E-state index in [-0.39, 0.29) is 18.0 Å². The lowest BCUT2D eigenvalue weighted by atomic mass is 9.89. The lowest BCUT2D eigenvalue weighted by Gasteiger charge is -2.25. The fourth-order valence-electron chi connectivity index (χ4n) is 1.79. The van der Waals surface area contributed by atoms with Crippen molar-refractivity contribution in [2.24, 2.45) is 5.41 Å². The molecule has 21 heavy (non-hydrogen) atoms. The van der Waals surface area contributed by atoms with E-state index >= 15 is 0 Å². The van der Waals surface area contributed by atoms with Gasteiger partial charge in [-0.2, -0.15) is 0 Å². The van der Waals surface area contributed by atoms with Crippen LogP contribution in [0.5, 0.6) is 0 Å². The maximum atomic E-state index is 11.8. The summed E-state index contributed by atoms with van der Waals surface area (Å²) in [6.45, 7) is 7.71. The molecular weight excluding hydrogens is 270 g/mol. The van der Waals surface area contributed by atoms with Crippen LogP contribution in [-0.2, 0) is 0 Å². The molecule has 0 aliphatic heterocycles. The summed E-state index contributed by atoms with van der Waals surface area (Å²) >= 11 is 0. The highest BCUT2D eigenvalue weighted by atomic mass is 16.3. The first-order valence-electron chi connectivity index (χ1n) is 6.86. The first-order valence-corrected chi connectivity index (χ1v) is 6.86. The van der Waals surface area contributed by atoms with E-state index in [2.05, 4.69) is 15.6 Å². The number of carbonyl (C=O) groups is 1. The van der Waals surface area contributed by atoms with Crippen LogP contribution in [0, 0.1) is 12.3 Å². The number of nitrogens with zero attached hydrogens (tertiary/aromatic N) is 1. The smallest absolute Gasteiger partial charge is 0.319 e. The summed E-state index contributed by atoms with van der Waals surface area (Å²) in [5.74, 6) is 0.583. The van der Waals surface area contributed by atoms with Crippen molar-refractivity contribution in [2.75, 3.05) is 11.9 Å². The predicted octanol–water partition coefficient (Wildman–Crippen LogP) is 2.66. The van der Waals surface area contributed by atoms with Crippen molar-refractivity contribution in [1.29, 1.82) is 0 Å². The van der Waals surface area contributed by atoms with Crippen LogP contribution < -0.4 is 10.6 Å². The molecule has 2 aromatic rings. The Morgan fingerprint density at radius 1 is 1.43 bits per heavy atom. The monoisotopic (exact) mass is 291 g/mol. The van der Waals surface area contributed by atoms with Crippen LogP contribution >= 0.6 is 0 Å². The average Bonchev–Trinajstić information content (AvgIpc) is 2.74. The van der Waals surface area contributed by atoms with Crippen LogP contribution in [0.15, 0.2) is 22.6 Å². The van der Waals surface area contributed by atoms with E-state index in [0.717, 1.165) is 0 Å². The van der Waals surface area contributed by atoms with E-state index in [0.29, 0.717) is 22.7 Å². The Labute approximate surface area is 123 Å². The number of oxazole rings is 1. The van der Waals surface area contributed by atoms with Crippen molar-refractivity contribution in [2.45, 2.75) is 33.8 Å². The van der Waals surface area contributed by atoms with E-state index in [1.165, 1.54) is 0 Å². The number of urea groups is 1. The topological polar surface area (TPSA) is 87.4 Å². The Kier molecular flexibility index (Phi) is 4.18. The second-order valence-electron chi connectivity index (χ2n) is 6.13. The number of anilines is 1. The molecule has 2 amide bonds. The zero-order valence-electron chi connectivity index (χ0n) is 12.7. The molecule has 0 saturated carbocycles. The van der Waals surface area contributed by atoms with Crippen LogP contribution in [0.1, 0.15) is 26.7 Å². The summed E-state index contributed by atoms with van der Waals surface area (Å²) in [7, 11) is 0. The Balaban J connectivity index is 1.95. The van der Waals surface area contributed by atoms with E-state index < -0.39 is 6.10 Å². The van der Waals surface area contributed by atoms with Crippen molar-refractivity contribution < 1.29 is 14.3 Å². The number of nitrogens with one attached hydrogen (secondary N) is 2. The molecule has 0 aliphatic rings. The second kappa shape index (κ2) is 5.73. The molecule has 0 saturated heterocycles. The summed E-state index contributed by atoms with van der Waals surface area (Å²) in [5, 5.41) is 15.2. The van der Waals surface area contributed by atoms with Gasteiger partial charge in [0.05, 0.1) is 6.10 Å². The molecular formula is C15H21N3O3. The molecule has 6 heteroatoms. The number of aliphatic hydroxyl groups is 1. The maximum Gasteiger partial charge on any atom is 0.319 e. The van der Waals surface area contributed by atoms with Gasteiger partial charge in [0.2, 0.25) is 0 Å². The van der Waals surface area contributed by atoms with Gasteiger partial charge in [-0.1, -0.05) is 20.8 Å². The first kappa shape index (κ1) is 15.3. The molecule has 1 heterocycles. The van der Waals surface area contributed by atoms with Crippen molar-refractivity contribution in [3.05, 3.63) is 24.1 Å². The van der Waals surface area contributed by atoms with Gasteiger partial charge in [0, 0.05) is 19.2 Å². The molecule has 0 aliphatic carbocycles. The van der Waals surface area contributed by atoms with Gasteiger partial charge in [0.1, 0.15) is 5.52 Å². The minimum atomic E-state index is -0.607. The first-order chi connectivity index (χ1) is 9.75. The third-order valence-electron chi connectivity index (χ3n) is 3.21. The molecule has 2 rings (SSSR count). The van der Waals surface area contributed by atoms with Gasteiger partial charge in [-0.05, 0) is 23.6 Å². The number of hydrogen-bond donors (Lipinski definition) is 3. The van der Waals surface area contributed by atoms with Crippen LogP contribution in [0.2, 0.25) is 0 Å². The summed E-state index contributed by atoms with van der Waals surface area (Å²) in [5.41, 5.74) is 1.73. The molecule has 0 radical (unpaired) electrons. The highest BCUT2D eigenvalue weighted by Gasteiger charge is 2.22. The Morgan fingerprint density at radius 2 is 2.14 bits per heavy atom. The number of aromatic nitrogens is 1. The van der Waals surface area contributed by atoms with Gasteiger partial charge in [-0.15, -0.1) is 0 Å². The fourth-order valence-corrected chi connectivity index (χ4v) is 1.79. The second-order valence-corrected chi connectivity index (χ2v) is 6.13. The molecule has 0 fully saturated rings. The maximum absolute atomic E-state index is 11.8. The number of fused-ring (bicyclic) bond motifs is 1. The predicted molar refractivity (Wildman–Crippen MR) is 81.2 cm³/mol. The molecule has 114 valence electrons. The Bertz CT molecular complexity index is 643. The van der Waals surface area contributed by atoms with E-state index in [4.69, 9.17) is 4.42 Å². The largest absolute Gasteiger partial charge is 0.441 e. The molecule has 0 bridgehead atoms. The van der Waals surface area contributed by atoms with Gasteiger partial charge < -0.3 is 20.2 Å². The van der Waals surface area contributed by atoms with Gasteiger partial charge in [-0.3, -0.25) is 0 Å². The van der Waals surface area contributed by atoms with E-state index in [9.17, 15) is 9.90 Å². The highest BCUT2D eigenvalue weighted by molar-refractivity contribution is 5.91. The van der Waals surface area contributed by atoms with E-state index in [1.807, 2.05) is 20.8 Å². The zero-order chi connectivity index (χ0) is 15.6. The lowest BCUT2D eigenvalue weighted by Crippen LogP contribution is -2.40. The number of hydrogen-bond acceptors (Lipinski definition) is 4. The van der Waals surface area contributed by atoms with Gasteiger partial charge in [0.25, 0.3) is 0 Å². The number of amides is 2. The Hall–Kier alpha value is -2.08. The normalized spacial score (nSPS) is 13.2. The van der Waals surface area contributed by atoms with Crippen LogP contribution in [0.25, 0.3) is 11.1 Å². The third kappa shape index (κ3) is 3.95. The number of aliphatic hydroxyl groups excluding tert-OH is 1. The Morgan fingerprint density at radius 3 is 2.81 bits per heavy atom. The molecule has 1 aromatic heterocycles. The van der Waals surface area contributed by atoms with E-state index in [1.54, 1.807) is 25.1 Å². The van der Waals surface area contributed by atoms with Crippen molar-refractivity contribution in [3.8, 4) is 0 Å². The summed E-state index contributed by atoms with van der Waals surface area (Å²) < 4.78 is 5.37. The van der Waals surface area contributed by atoms with Gasteiger partial charge in [-0.25, -0.2) is 9.78 Å². The summed E-state index contributed by atoms with van der Waals surface area (Å²) in [6.07, 6.45) is -0.607. The fraction of sp³-hybridized carbons (Fsp3) is 0.467. The quantitative estimate of drug-likeness (QED) is 0.811. The average molecular weight is 291 g/mol. The minimum absolute atomic E-state index is 0.195. The van der Waals surface area contributed by atoms with Crippen molar-refractivity contribution in [3.63, 3.8) is 0 Å². The van der Waals surface area contributed by atoms with Crippen LogP contribution in [0.4, 0.5) is 10.5 Å².